The van der Waals surface area contributed by atoms with Gasteiger partial charge in [0.1, 0.15) is 6.10 Å². The molecular formula is C26H32N4O6S2. The van der Waals surface area contributed by atoms with E-state index in [0.29, 0.717) is 43.2 Å². The highest BCUT2D eigenvalue weighted by Crippen LogP contribution is 2.33. The molecule has 3 fully saturated rings. The molecule has 204 valence electrons. The Hall–Kier alpha value is -2.83. The summed E-state index contributed by atoms with van der Waals surface area (Å²) < 4.78 is 31.1. The minimum absolute atomic E-state index is 0.0330. The Kier molecular flexibility index (Phi) is 8.39. The van der Waals surface area contributed by atoms with Crippen LogP contribution in [0, 0.1) is 0 Å². The van der Waals surface area contributed by atoms with E-state index in [0.717, 1.165) is 49.8 Å². The number of aromatic nitrogens is 1. The summed E-state index contributed by atoms with van der Waals surface area (Å²) in [5, 5.41) is 7.11. The average Bonchev–Trinajstić information content (AvgIpc) is 3.51. The summed E-state index contributed by atoms with van der Waals surface area (Å²) in [6, 6.07) is 6.25. The number of piperidine rings is 1. The Morgan fingerprint density at radius 3 is 2.45 bits per heavy atom. The maximum absolute atomic E-state index is 13.3. The average molecular weight is 561 g/mol. The fraction of sp³-hybridized carbons (Fsp3) is 0.538. The SMILES string of the molecule is O=CN1CCC(OCc2cnc(NC(=O)C(=NOC3CCCC3)c3ccc(S(=O)(=O)C4CC4)cc3)s2)CC1. The molecule has 3 aliphatic rings. The molecule has 0 radical (unpaired) electrons. The predicted octanol–water partition coefficient (Wildman–Crippen LogP) is 3.52. The minimum Gasteiger partial charge on any atom is -0.392 e. The molecule has 1 aromatic carbocycles. The topological polar surface area (TPSA) is 127 Å². The highest BCUT2D eigenvalue weighted by atomic mass is 32.2. The third-order valence-corrected chi connectivity index (χ3v) is 10.3. The lowest BCUT2D eigenvalue weighted by molar-refractivity contribution is -0.120. The number of likely N-dealkylation sites (tertiary alicyclic amines) is 1. The fourth-order valence-corrected chi connectivity index (χ4v) is 7.04. The molecule has 2 amide bonds. The zero-order valence-corrected chi connectivity index (χ0v) is 22.7. The van der Waals surface area contributed by atoms with E-state index in [2.05, 4.69) is 15.5 Å². The number of nitrogens with zero attached hydrogens (tertiary/aromatic N) is 3. The molecule has 2 aliphatic carbocycles. The van der Waals surface area contributed by atoms with E-state index in [4.69, 9.17) is 9.57 Å². The predicted molar refractivity (Wildman–Crippen MR) is 143 cm³/mol. The van der Waals surface area contributed by atoms with E-state index in [1.54, 1.807) is 23.2 Å². The van der Waals surface area contributed by atoms with Crippen LogP contribution in [0.25, 0.3) is 0 Å². The fourth-order valence-electron chi connectivity index (χ4n) is 4.66. The third-order valence-electron chi connectivity index (χ3n) is 7.09. The molecule has 0 spiro atoms. The van der Waals surface area contributed by atoms with Crippen molar-refractivity contribution in [2.45, 2.75) is 80.3 Å². The van der Waals surface area contributed by atoms with Crippen LogP contribution in [0.1, 0.15) is 61.8 Å². The van der Waals surface area contributed by atoms with Crippen LogP contribution >= 0.6 is 11.3 Å². The van der Waals surface area contributed by atoms with Gasteiger partial charge >= 0.3 is 0 Å². The van der Waals surface area contributed by atoms with Gasteiger partial charge in [-0.1, -0.05) is 28.6 Å². The molecule has 1 saturated heterocycles. The standard InChI is InChI=1S/C26H32N4O6S2/c31-17-30-13-11-19(12-14-30)35-16-21-15-27-26(37-21)28-25(32)24(29-36-20-3-1-2-4-20)18-5-7-22(8-6-18)38(33,34)23-9-10-23/h5-8,15,17,19-20,23H,1-4,9-14,16H2,(H,27,28,32). The largest absolute Gasteiger partial charge is 0.392 e. The van der Waals surface area contributed by atoms with Gasteiger partial charge in [0.25, 0.3) is 5.91 Å². The van der Waals surface area contributed by atoms with Gasteiger partial charge in [-0.2, -0.15) is 0 Å². The molecule has 0 atom stereocenters. The Balaban J connectivity index is 1.24. The first-order chi connectivity index (χ1) is 18.4. The van der Waals surface area contributed by atoms with E-state index in [1.807, 2.05) is 0 Å². The first-order valence-corrected chi connectivity index (χ1v) is 15.4. The number of carbonyl (C=O) groups is 2. The zero-order valence-electron chi connectivity index (χ0n) is 21.1. The molecule has 0 unspecified atom stereocenters. The second-order valence-electron chi connectivity index (χ2n) is 9.96. The second kappa shape index (κ2) is 11.9. The van der Waals surface area contributed by atoms with Gasteiger partial charge in [0.2, 0.25) is 6.41 Å². The molecule has 5 rings (SSSR count). The number of benzene rings is 1. The lowest BCUT2D eigenvalue weighted by Crippen LogP contribution is -2.35. The summed E-state index contributed by atoms with van der Waals surface area (Å²) in [5.74, 6) is -0.483. The number of hydrogen-bond donors (Lipinski definition) is 1. The number of amides is 2. The molecule has 38 heavy (non-hydrogen) atoms. The first kappa shape index (κ1) is 26.8. The van der Waals surface area contributed by atoms with Crippen LogP contribution in [0.5, 0.6) is 0 Å². The number of rotatable bonds is 11. The van der Waals surface area contributed by atoms with Crippen molar-refractivity contribution in [2.75, 3.05) is 18.4 Å². The van der Waals surface area contributed by atoms with Crippen molar-refractivity contribution in [3.8, 4) is 0 Å². The molecule has 2 saturated carbocycles. The van der Waals surface area contributed by atoms with Crippen molar-refractivity contribution >= 4 is 44.3 Å². The number of hydrogen-bond acceptors (Lipinski definition) is 9. The Morgan fingerprint density at radius 2 is 1.79 bits per heavy atom. The van der Waals surface area contributed by atoms with Crippen molar-refractivity contribution in [3.63, 3.8) is 0 Å². The summed E-state index contributed by atoms with van der Waals surface area (Å²) in [6.45, 7) is 1.76. The van der Waals surface area contributed by atoms with E-state index < -0.39 is 15.7 Å². The minimum atomic E-state index is -3.33. The summed E-state index contributed by atoms with van der Waals surface area (Å²) in [4.78, 5) is 37.0. The molecule has 12 heteroatoms. The van der Waals surface area contributed by atoms with E-state index in [-0.39, 0.29) is 28.1 Å². The lowest BCUT2D eigenvalue weighted by Gasteiger charge is -2.28. The Morgan fingerprint density at radius 1 is 1.08 bits per heavy atom. The van der Waals surface area contributed by atoms with Crippen molar-refractivity contribution < 1.29 is 27.6 Å². The van der Waals surface area contributed by atoms with Crippen LogP contribution < -0.4 is 5.32 Å². The summed E-state index contributed by atoms with van der Waals surface area (Å²) >= 11 is 1.32. The Bertz CT molecular complexity index is 1260. The maximum Gasteiger partial charge on any atom is 0.280 e. The maximum atomic E-state index is 13.3. The molecule has 1 aliphatic heterocycles. The van der Waals surface area contributed by atoms with Gasteiger partial charge in [0.15, 0.2) is 20.7 Å². The van der Waals surface area contributed by atoms with Crippen LogP contribution in [-0.2, 0) is 35.6 Å². The number of oxime groups is 1. The quantitative estimate of drug-likeness (QED) is 0.253. The number of sulfone groups is 1. The van der Waals surface area contributed by atoms with Gasteiger partial charge < -0.3 is 14.5 Å². The van der Waals surface area contributed by atoms with Crippen LogP contribution in [0.15, 0.2) is 40.5 Å². The van der Waals surface area contributed by atoms with Gasteiger partial charge in [-0.05, 0) is 63.5 Å². The molecule has 10 nitrogen and oxygen atoms in total. The highest BCUT2D eigenvalue weighted by molar-refractivity contribution is 7.92. The Labute approximate surface area is 226 Å². The zero-order chi connectivity index (χ0) is 26.5. The molecule has 0 bridgehead atoms. The smallest absolute Gasteiger partial charge is 0.280 e. The molecular weight excluding hydrogens is 528 g/mol. The molecule has 2 aromatic rings. The summed E-state index contributed by atoms with van der Waals surface area (Å²) in [7, 11) is -3.33. The van der Waals surface area contributed by atoms with Crippen LogP contribution in [0.4, 0.5) is 5.13 Å². The van der Waals surface area contributed by atoms with E-state index in [1.165, 1.54) is 23.5 Å². The van der Waals surface area contributed by atoms with Gasteiger partial charge in [-0.25, -0.2) is 13.4 Å². The van der Waals surface area contributed by atoms with Crippen molar-refractivity contribution in [2.24, 2.45) is 5.16 Å². The van der Waals surface area contributed by atoms with Gasteiger partial charge in [-0.15, -0.1) is 0 Å². The van der Waals surface area contributed by atoms with Crippen LogP contribution in [-0.4, -0.2) is 66.9 Å². The monoisotopic (exact) mass is 560 g/mol. The van der Waals surface area contributed by atoms with Crippen LogP contribution in [0.2, 0.25) is 0 Å². The lowest BCUT2D eigenvalue weighted by atomic mass is 10.1. The number of ether oxygens (including phenoxy) is 1. The first-order valence-electron chi connectivity index (χ1n) is 13.1. The summed E-state index contributed by atoms with van der Waals surface area (Å²) in [6.07, 6.45) is 9.47. The number of anilines is 1. The number of thiazole rings is 1. The molecule has 1 aromatic heterocycles. The second-order valence-corrected chi connectivity index (χ2v) is 13.3. The van der Waals surface area contributed by atoms with Gasteiger partial charge in [0, 0.05) is 24.8 Å². The molecule has 2 heterocycles. The van der Waals surface area contributed by atoms with Crippen molar-refractivity contribution in [1.29, 1.82) is 0 Å². The van der Waals surface area contributed by atoms with Gasteiger partial charge in [0.05, 0.1) is 27.7 Å². The van der Waals surface area contributed by atoms with Crippen molar-refractivity contribution in [3.05, 3.63) is 40.9 Å². The van der Waals surface area contributed by atoms with Gasteiger partial charge in [-0.3, -0.25) is 14.9 Å². The van der Waals surface area contributed by atoms with Crippen molar-refractivity contribution in [1.82, 2.24) is 9.88 Å². The number of carbonyl (C=O) groups excluding carboxylic acids is 2. The normalized spacial score (nSPS) is 19.5. The van der Waals surface area contributed by atoms with E-state index >= 15 is 0 Å². The summed E-state index contributed by atoms with van der Waals surface area (Å²) in [5.41, 5.74) is 0.541. The number of nitrogens with one attached hydrogen (secondary N) is 1. The molecule has 1 N–H and O–H groups in total. The highest BCUT2D eigenvalue weighted by Gasteiger charge is 2.37. The van der Waals surface area contributed by atoms with Crippen LogP contribution in [0.3, 0.4) is 0 Å². The van der Waals surface area contributed by atoms with E-state index in [9.17, 15) is 18.0 Å². The third kappa shape index (κ3) is 6.59.